The van der Waals surface area contributed by atoms with Gasteiger partial charge in [-0.05, 0) is 56.3 Å². The molecule has 0 saturated carbocycles. The summed E-state index contributed by atoms with van der Waals surface area (Å²) in [5.41, 5.74) is 3.74. The highest BCUT2D eigenvalue weighted by Gasteiger charge is 2.25. The molecule has 0 aliphatic rings. The van der Waals surface area contributed by atoms with Crippen LogP contribution in [-0.4, -0.2) is 60.4 Å². The molecule has 7 heteroatoms. The van der Waals surface area contributed by atoms with Crippen molar-refractivity contribution in [2.24, 2.45) is 0 Å². The largest absolute Gasteiger partial charge is 0.394 e. The molecule has 0 aliphatic carbocycles. The number of rotatable bonds is 12. The molecule has 37 heavy (non-hydrogen) atoms. The van der Waals surface area contributed by atoms with E-state index in [4.69, 9.17) is 0 Å². The summed E-state index contributed by atoms with van der Waals surface area (Å²) in [5.74, 6) is -0.833. The third kappa shape index (κ3) is 8.37. The van der Waals surface area contributed by atoms with Gasteiger partial charge in [0.2, 0.25) is 5.91 Å². The van der Waals surface area contributed by atoms with E-state index < -0.39 is 18.0 Å². The Balaban J connectivity index is 1.76. The van der Waals surface area contributed by atoms with Gasteiger partial charge >= 0.3 is 0 Å². The van der Waals surface area contributed by atoms with Crippen LogP contribution in [0.4, 0.5) is 0 Å². The number of hydrogen-bond donors (Lipinski definition) is 3. The maximum atomic E-state index is 13.4. The number of aliphatic hydroxyl groups is 1. The summed E-state index contributed by atoms with van der Waals surface area (Å²) in [4.78, 5) is 40.5. The van der Waals surface area contributed by atoms with Crippen molar-refractivity contribution in [3.63, 3.8) is 0 Å². The van der Waals surface area contributed by atoms with E-state index in [-0.39, 0.29) is 24.7 Å². The standard InChI is InChI=1S/C30H35N3O4/c1-21(35)27-12-8-7-11-25(27)18-26(20-34)31-30(37)28(17-22-9-5-4-6-10-22)32-29(36)24-15-13-23(14-16-24)19-33(2)3/h4-16,26,28,34H,17-20H2,1-3H3,(H,31,37)(H,32,36)/t26-,28-/m0/s1. The molecule has 3 aromatic carbocycles. The lowest BCUT2D eigenvalue weighted by Gasteiger charge is -2.23. The molecule has 0 fully saturated rings. The van der Waals surface area contributed by atoms with Crippen molar-refractivity contribution in [3.8, 4) is 0 Å². The Morgan fingerprint density at radius 2 is 1.46 bits per heavy atom. The Kier molecular flexibility index (Phi) is 10.1. The smallest absolute Gasteiger partial charge is 0.251 e. The zero-order valence-corrected chi connectivity index (χ0v) is 21.6. The normalized spacial score (nSPS) is 12.6. The molecule has 2 amide bonds. The van der Waals surface area contributed by atoms with Gasteiger partial charge in [-0.1, -0.05) is 66.7 Å². The fourth-order valence-corrected chi connectivity index (χ4v) is 4.20. The second-order valence-corrected chi connectivity index (χ2v) is 9.46. The molecule has 3 N–H and O–H groups in total. The lowest BCUT2D eigenvalue weighted by atomic mass is 9.97. The molecule has 7 nitrogen and oxygen atoms in total. The van der Waals surface area contributed by atoms with E-state index in [0.717, 1.165) is 23.2 Å². The van der Waals surface area contributed by atoms with Crippen molar-refractivity contribution in [2.45, 2.75) is 38.4 Å². The number of ketones is 1. The van der Waals surface area contributed by atoms with Crippen molar-refractivity contribution in [1.82, 2.24) is 15.5 Å². The Morgan fingerprint density at radius 1 is 0.811 bits per heavy atom. The summed E-state index contributed by atoms with van der Waals surface area (Å²) >= 11 is 0. The summed E-state index contributed by atoms with van der Waals surface area (Å²) < 4.78 is 0. The van der Waals surface area contributed by atoms with Crippen LogP contribution >= 0.6 is 0 Å². The summed E-state index contributed by atoms with van der Waals surface area (Å²) in [6.45, 7) is 1.94. The zero-order chi connectivity index (χ0) is 26.8. The van der Waals surface area contributed by atoms with Crippen LogP contribution < -0.4 is 10.6 Å². The summed E-state index contributed by atoms with van der Waals surface area (Å²) in [6.07, 6.45) is 0.580. The Bertz CT molecular complexity index is 1190. The van der Waals surface area contributed by atoms with E-state index >= 15 is 0 Å². The summed E-state index contributed by atoms with van der Waals surface area (Å²) in [6, 6.07) is 22.4. The first-order valence-electron chi connectivity index (χ1n) is 12.4. The number of aliphatic hydroxyl groups excluding tert-OH is 1. The summed E-state index contributed by atoms with van der Waals surface area (Å²) in [7, 11) is 3.96. The van der Waals surface area contributed by atoms with Crippen LogP contribution in [-0.2, 0) is 24.2 Å². The van der Waals surface area contributed by atoms with E-state index in [2.05, 4.69) is 10.6 Å². The molecule has 0 unspecified atom stereocenters. The lowest BCUT2D eigenvalue weighted by Crippen LogP contribution is -2.52. The Hall–Kier alpha value is -3.81. The topological polar surface area (TPSA) is 98.7 Å². The van der Waals surface area contributed by atoms with Crippen molar-refractivity contribution >= 4 is 17.6 Å². The fraction of sp³-hybridized carbons (Fsp3) is 0.300. The van der Waals surface area contributed by atoms with Crippen LogP contribution in [0.2, 0.25) is 0 Å². The Labute approximate surface area is 218 Å². The molecular weight excluding hydrogens is 466 g/mol. The van der Waals surface area contributed by atoms with Gasteiger partial charge in [-0.15, -0.1) is 0 Å². The Morgan fingerprint density at radius 3 is 2.08 bits per heavy atom. The van der Waals surface area contributed by atoms with Gasteiger partial charge in [-0.2, -0.15) is 0 Å². The molecule has 194 valence electrons. The predicted molar refractivity (Wildman–Crippen MR) is 144 cm³/mol. The van der Waals surface area contributed by atoms with Gasteiger partial charge in [-0.3, -0.25) is 14.4 Å². The number of nitrogens with zero attached hydrogens (tertiary/aromatic N) is 1. The second kappa shape index (κ2) is 13.5. The average Bonchev–Trinajstić information content (AvgIpc) is 2.88. The molecule has 0 saturated heterocycles. The minimum atomic E-state index is -0.853. The maximum absolute atomic E-state index is 13.4. The van der Waals surface area contributed by atoms with Crippen molar-refractivity contribution in [3.05, 3.63) is 107 Å². The molecule has 3 rings (SSSR count). The van der Waals surface area contributed by atoms with Crippen molar-refractivity contribution < 1.29 is 19.5 Å². The van der Waals surface area contributed by atoms with E-state index in [9.17, 15) is 19.5 Å². The van der Waals surface area contributed by atoms with Crippen LogP contribution in [0.1, 0.15) is 44.3 Å². The number of hydrogen-bond acceptors (Lipinski definition) is 5. The SMILES string of the molecule is CC(=O)c1ccccc1C[C@@H](CO)NC(=O)[C@H](Cc1ccccc1)NC(=O)c1ccc(CN(C)C)cc1. The van der Waals surface area contributed by atoms with Crippen LogP contribution in [0.5, 0.6) is 0 Å². The van der Waals surface area contributed by atoms with Crippen LogP contribution in [0, 0.1) is 0 Å². The fourth-order valence-electron chi connectivity index (χ4n) is 4.20. The number of Topliss-reactive ketones (excluding diaryl/α,β-unsaturated/α-hetero) is 1. The van der Waals surface area contributed by atoms with Gasteiger partial charge in [0.1, 0.15) is 6.04 Å². The van der Waals surface area contributed by atoms with Crippen molar-refractivity contribution in [1.29, 1.82) is 0 Å². The molecule has 0 radical (unpaired) electrons. The van der Waals surface area contributed by atoms with Gasteiger partial charge in [0, 0.05) is 24.1 Å². The predicted octanol–water partition coefficient (Wildman–Crippen LogP) is 3.01. The van der Waals surface area contributed by atoms with E-state index in [0.29, 0.717) is 17.5 Å². The highest BCUT2D eigenvalue weighted by molar-refractivity contribution is 5.98. The zero-order valence-electron chi connectivity index (χ0n) is 21.6. The van der Waals surface area contributed by atoms with E-state index in [1.165, 1.54) is 6.92 Å². The number of amides is 2. The third-order valence-corrected chi connectivity index (χ3v) is 6.05. The van der Waals surface area contributed by atoms with Gasteiger partial charge in [-0.25, -0.2) is 0 Å². The molecular formula is C30H35N3O4. The van der Waals surface area contributed by atoms with Crippen LogP contribution in [0.25, 0.3) is 0 Å². The number of carbonyl (C=O) groups is 3. The quantitative estimate of drug-likeness (QED) is 0.332. The molecule has 0 aliphatic heterocycles. The van der Waals surface area contributed by atoms with Gasteiger partial charge in [0.15, 0.2) is 5.78 Å². The molecule has 0 aromatic heterocycles. The minimum absolute atomic E-state index is 0.0792. The molecule has 0 bridgehead atoms. The van der Waals surface area contributed by atoms with E-state index in [1.54, 1.807) is 24.3 Å². The van der Waals surface area contributed by atoms with Crippen molar-refractivity contribution in [2.75, 3.05) is 20.7 Å². The molecule has 0 heterocycles. The van der Waals surface area contributed by atoms with Gasteiger partial charge in [0.05, 0.1) is 12.6 Å². The number of nitrogens with one attached hydrogen (secondary N) is 2. The van der Waals surface area contributed by atoms with Crippen LogP contribution in [0.15, 0.2) is 78.9 Å². The monoisotopic (exact) mass is 501 g/mol. The highest BCUT2D eigenvalue weighted by Crippen LogP contribution is 2.13. The molecule has 2 atom stereocenters. The van der Waals surface area contributed by atoms with Crippen LogP contribution in [0.3, 0.4) is 0 Å². The lowest BCUT2D eigenvalue weighted by molar-refractivity contribution is -0.124. The first-order chi connectivity index (χ1) is 17.8. The average molecular weight is 502 g/mol. The number of benzene rings is 3. The molecule has 3 aromatic rings. The molecule has 0 spiro atoms. The number of carbonyl (C=O) groups excluding carboxylic acids is 3. The van der Waals surface area contributed by atoms with E-state index in [1.807, 2.05) is 73.6 Å². The highest BCUT2D eigenvalue weighted by atomic mass is 16.3. The second-order valence-electron chi connectivity index (χ2n) is 9.46. The minimum Gasteiger partial charge on any atom is -0.394 e. The first kappa shape index (κ1) is 27.8. The van der Waals surface area contributed by atoms with Gasteiger partial charge in [0.25, 0.3) is 5.91 Å². The maximum Gasteiger partial charge on any atom is 0.251 e. The summed E-state index contributed by atoms with van der Waals surface area (Å²) in [5, 5.41) is 15.7. The third-order valence-electron chi connectivity index (χ3n) is 6.05. The van der Waals surface area contributed by atoms with Gasteiger partial charge < -0.3 is 20.6 Å². The first-order valence-corrected chi connectivity index (χ1v) is 12.4.